The van der Waals surface area contributed by atoms with Crippen LogP contribution >= 0.6 is 0 Å². The maximum atomic E-state index is 7.80. The first kappa shape index (κ1) is 19.9. The molecule has 0 bridgehead atoms. The smallest absolute Gasteiger partial charge is 0.154 e. The molecule has 3 aromatic heterocycles. The van der Waals surface area contributed by atoms with Gasteiger partial charge in [-0.15, -0.1) is 5.10 Å². The van der Waals surface area contributed by atoms with E-state index in [1.807, 2.05) is 30.5 Å². The summed E-state index contributed by atoms with van der Waals surface area (Å²) in [5.41, 5.74) is 4.28. The second-order valence-electron chi connectivity index (χ2n) is 7.71. The molecule has 4 heterocycles. The molecule has 0 radical (unpaired) electrons. The number of hydrogen-bond acceptors (Lipinski definition) is 8. The molecule has 4 N–H and O–H groups in total. The molecule has 0 spiro atoms. The second kappa shape index (κ2) is 8.96. The van der Waals surface area contributed by atoms with Crippen LogP contribution in [0.1, 0.15) is 37.3 Å². The van der Waals surface area contributed by atoms with Crippen LogP contribution < -0.4 is 16.0 Å². The highest BCUT2D eigenvalue weighted by Crippen LogP contribution is 2.21. The molecule has 0 aromatic carbocycles. The van der Waals surface area contributed by atoms with Gasteiger partial charge in [-0.05, 0) is 48.7 Å². The average Bonchev–Trinajstić information content (AvgIpc) is 3.28. The number of allylic oxidation sites excluding steroid dienone is 1. The highest BCUT2D eigenvalue weighted by atomic mass is 15.2. The van der Waals surface area contributed by atoms with E-state index in [1.165, 1.54) is 6.21 Å². The first-order valence-electron chi connectivity index (χ1n) is 10.2. The molecule has 0 aliphatic carbocycles. The fourth-order valence-corrected chi connectivity index (χ4v) is 3.34. The number of fused-ring (bicyclic) bond motifs is 1. The molecule has 0 unspecified atom stereocenters. The third kappa shape index (κ3) is 4.60. The minimum absolute atomic E-state index is 0.373. The van der Waals surface area contributed by atoms with Gasteiger partial charge in [-0.25, -0.2) is 4.98 Å². The third-order valence-electron chi connectivity index (χ3n) is 5.16. The molecule has 4 rings (SSSR count). The van der Waals surface area contributed by atoms with Gasteiger partial charge in [0.1, 0.15) is 5.82 Å². The molecular formula is C22H26N8. The lowest BCUT2D eigenvalue weighted by molar-refractivity contribution is 0.640. The fourth-order valence-electron chi connectivity index (χ4n) is 3.34. The number of anilines is 2. The molecular weight excluding hydrogens is 376 g/mol. The summed E-state index contributed by atoms with van der Waals surface area (Å²) in [6.45, 7) is 6.20. The lowest BCUT2D eigenvalue weighted by Crippen LogP contribution is -2.26. The van der Waals surface area contributed by atoms with Crippen molar-refractivity contribution in [1.82, 2.24) is 30.8 Å². The highest BCUT2D eigenvalue weighted by Gasteiger charge is 2.12. The topological polar surface area (TPSA) is 112 Å². The molecule has 8 heteroatoms. The largest absolute Gasteiger partial charge is 0.386 e. The van der Waals surface area contributed by atoms with Gasteiger partial charge in [0.2, 0.25) is 0 Å². The van der Waals surface area contributed by atoms with Crippen molar-refractivity contribution in [3.63, 3.8) is 0 Å². The Morgan fingerprint density at radius 1 is 1.20 bits per heavy atom. The Morgan fingerprint density at radius 2 is 2.10 bits per heavy atom. The van der Waals surface area contributed by atoms with E-state index in [0.717, 1.165) is 47.2 Å². The van der Waals surface area contributed by atoms with Crippen LogP contribution in [0, 0.1) is 5.41 Å². The van der Waals surface area contributed by atoms with Gasteiger partial charge in [0.25, 0.3) is 0 Å². The monoisotopic (exact) mass is 402 g/mol. The summed E-state index contributed by atoms with van der Waals surface area (Å²) in [5.74, 6) is 1.70. The average molecular weight is 403 g/mol. The molecule has 0 amide bonds. The summed E-state index contributed by atoms with van der Waals surface area (Å²) in [6.07, 6.45) is 7.87. The van der Waals surface area contributed by atoms with E-state index in [4.69, 9.17) is 5.41 Å². The second-order valence-corrected chi connectivity index (χ2v) is 7.71. The van der Waals surface area contributed by atoms with Crippen LogP contribution in [0.2, 0.25) is 0 Å². The normalized spacial score (nSPS) is 16.8. The van der Waals surface area contributed by atoms with Crippen LogP contribution in [0.3, 0.4) is 0 Å². The summed E-state index contributed by atoms with van der Waals surface area (Å²) in [7, 11) is 0. The minimum atomic E-state index is 0.373. The zero-order valence-corrected chi connectivity index (χ0v) is 17.2. The number of pyridine rings is 2. The quantitative estimate of drug-likeness (QED) is 0.449. The molecule has 3 aromatic rings. The summed E-state index contributed by atoms with van der Waals surface area (Å²) < 4.78 is 0. The van der Waals surface area contributed by atoms with Gasteiger partial charge in [0.05, 0.1) is 17.2 Å². The maximum absolute atomic E-state index is 7.80. The lowest BCUT2D eigenvalue weighted by Gasteiger charge is -2.11. The van der Waals surface area contributed by atoms with Crippen molar-refractivity contribution >= 4 is 34.5 Å². The van der Waals surface area contributed by atoms with Crippen molar-refractivity contribution in [2.75, 3.05) is 18.4 Å². The molecule has 154 valence electrons. The van der Waals surface area contributed by atoms with Crippen LogP contribution in [-0.4, -0.2) is 45.5 Å². The van der Waals surface area contributed by atoms with Crippen LogP contribution in [-0.2, 0) is 0 Å². The van der Waals surface area contributed by atoms with Gasteiger partial charge in [-0.2, -0.15) is 5.10 Å². The summed E-state index contributed by atoms with van der Waals surface area (Å²) in [6, 6.07) is 8.13. The standard InChI is InChI=1S/C22H26N8/c1-14(2)15-8-22(30-27-12-15)29-21-4-3-19-20(28-21)7-16(10-26-19)17(9-23)11-25-18-5-6-24-13-18/h3-4,7-12,14,18,23-25H,5-6,13H2,1-2H3,(H,28,29,30)/b17-11+,23-9?/t18-/m0/s1. The third-order valence-corrected chi connectivity index (χ3v) is 5.16. The van der Waals surface area contributed by atoms with E-state index in [0.29, 0.717) is 23.6 Å². The number of nitrogens with zero attached hydrogens (tertiary/aromatic N) is 4. The maximum Gasteiger partial charge on any atom is 0.154 e. The Balaban J connectivity index is 1.58. The molecule has 1 aliphatic heterocycles. The van der Waals surface area contributed by atoms with E-state index < -0.39 is 0 Å². The van der Waals surface area contributed by atoms with Crippen molar-refractivity contribution in [3.05, 3.63) is 54.0 Å². The van der Waals surface area contributed by atoms with Crippen molar-refractivity contribution in [2.45, 2.75) is 32.2 Å². The zero-order valence-electron chi connectivity index (χ0n) is 17.2. The SMILES string of the molecule is CC(C)c1cnnc(Nc2ccc3ncc(/C(C=N)=C/N[C@H]4CCNC4)cc3n2)c1. The number of hydrogen-bond donors (Lipinski definition) is 4. The first-order valence-corrected chi connectivity index (χ1v) is 10.2. The summed E-state index contributed by atoms with van der Waals surface area (Å²) in [5, 5.41) is 26.0. The van der Waals surface area contributed by atoms with Gasteiger partial charge < -0.3 is 21.4 Å². The number of nitrogens with one attached hydrogen (secondary N) is 4. The van der Waals surface area contributed by atoms with Crippen molar-refractivity contribution in [3.8, 4) is 0 Å². The zero-order chi connectivity index (χ0) is 20.9. The fraction of sp³-hybridized carbons (Fsp3) is 0.318. The Labute approximate surface area is 175 Å². The van der Waals surface area contributed by atoms with E-state index in [2.05, 4.69) is 50.0 Å². The van der Waals surface area contributed by atoms with Gasteiger partial charge in [0.15, 0.2) is 5.82 Å². The van der Waals surface area contributed by atoms with Crippen LogP contribution in [0.5, 0.6) is 0 Å². The Kier molecular flexibility index (Phi) is 5.94. The predicted molar refractivity (Wildman–Crippen MR) is 120 cm³/mol. The molecule has 0 saturated carbocycles. The summed E-state index contributed by atoms with van der Waals surface area (Å²) >= 11 is 0. The van der Waals surface area contributed by atoms with Crippen LogP contribution in [0.4, 0.5) is 11.6 Å². The van der Waals surface area contributed by atoms with E-state index in [-0.39, 0.29) is 0 Å². The van der Waals surface area contributed by atoms with Crippen molar-refractivity contribution in [2.24, 2.45) is 0 Å². The number of aromatic nitrogens is 4. The number of rotatable bonds is 7. The predicted octanol–water partition coefficient (Wildman–Crippen LogP) is 3.23. The minimum Gasteiger partial charge on any atom is -0.386 e. The highest BCUT2D eigenvalue weighted by molar-refractivity contribution is 6.08. The first-order chi connectivity index (χ1) is 14.6. The Hall–Kier alpha value is -3.39. The molecule has 1 fully saturated rings. The molecule has 30 heavy (non-hydrogen) atoms. The van der Waals surface area contributed by atoms with Gasteiger partial charge in [-0.3, -0.25) is 4.98 Å². The van der Waals surface area contributed by atoms with Crippen LogP contribution in [0.25, 0.3) is 16.6 Å². The Bertz CT molecular complexity index is 1070. The van der Waals surface area contributed by atoms with Gasteiger partial charge >= 0.3 is 0 Å². The van der Waals surface area contributed by atoms with Gasteiger partial charge in [0, 0.05) is 42.3 Å². The van der Waals surface area contributed by atoms with E-state index >= 15 is 0 Å². The van der Waals surface area contributed by atoms with Gasteiger partial charge in [-0.1, -0.05) is 13.8 Å². The molecule has 1 aliphatic rings. The van der Waals surface area contributed by atoms with E-state index in [1.54, 1.807) is 12.4 Å². The molecule has 1 atom stereocenters. The summed E-state index contributed by atoms with van der Waals surface area (Å²) in [4.78, 5) is 9.20. The van der Waals surface area contributed by atoms with Crippen molar-refractivity contribution in [1.29, 1.82) is 5.41 Å². The van der Waals surface area contributed by atoms with E-state index in [9.17, 15) is 0 Å². The molecule has 1 saturated heterocycles. The molecule has 8 nitrogen and oxygen atoms in total. The Morgan fingerprint density at radius 3 is 2.87 bits per heavy atom. The van der Waals surface area contributed by atoms with Crippen molar-refractivity contribution < 1.29 is 0 Å². The lowest BCUT2D eigenvalue weighted by atomic mass is 10.1. The van der Waals surface area contributed by atoms with Crippen LogP contribution in [0.15, 0.2) is 42.9 Å².